The van der Waals surface area contributed by atoms with Crippen LogP contribution in [-0.2, 0) is 25.8 Å². The summed E-state index contributed by atoms with van der Waals surface area (Å²) in [6, 6.07) is 76.9. The second-order valence-corrected chi connectivity index (χ2v) is 18.0. The van der Waals surface area contributed by atoms with Crippen molar-refractivity contribution in [3.05, 3.63) is 225 Å². The molecule has 0 amide bonds. The van der Waals surface area contributed by atoms with E-state index in [0.29, 0.717) is 0 Å². The Hall–Kier alpha value is -6.68. The van der Waals surface area contributed by atoms with Crippen LogP contribution in [0.5, 0.6) is 0 Å². The van der Waals surface area contributed by atoms with Crippen LogP contribution in [0, 0.1) is 18.8 Å². The molecule has 0 saturated carbocycles. The van der Waals surface area contributed by atoms with Crippen molar-refractivity contribution in [2.75, 3.05) is 14.7 Å². The first kappa shape index (κ1) is 41.3. The Labute approximate surface area is 394 Å². The number of para-hydroxylation sites is 3. The molecule has 3 heterocycles. The molecule has 64 heavy (non-hydrogen) atoms. The molecular weight excluding hydrogens is 891 g/mol. The maximum absolute atomic E-state index is 4.86. The Morgan fingerprint density at radius 2 is 1.05 bits per heavy atom. The van der Waals surface area contributed by atoms with Crippen LogP contribution < -0.4 is 14.7 Å². The summed E-state index contributed by atoms with van der Waals surface area (Å²) in [6.07, 6.45) is 1.86. The van der Waals surface area contributed by atoms with Crippen LogP contribution in [0.1, 0.15) is 26.3 Å². The van der Waals surface area contributed by atoms with Crippen LogP contribution in [0.25, 0.3) is 44.5 Å². The number of benzene rings is 8. The Kier molecular flexibility index (Phi) is 11.1. The molecule has 0 saturated heterocycles. The molecule has 0 aliphatic carbocycles. The molecule has 6 heteroatoms. The number of anilines is 7. The third kappa shape index (κ3) is 7.52. The van der Waals surface area contributed by atoms with E-state index in [0.717, 1.165) is 60.9 Å². The zero-order valence-corrected chi connectivity index (χ0v) is 38.0. The van der Waals surface area contributed by atoms with E-state index < -0.39 is 0 Å². The number of aromatic nitrogens is 1. The summed E-state index contributed by atoms with van der Waals surface area (Å²) in [5, 5.41) is 0. The molecule has 0 atom stereocenters. The minimum absolute atomic E-state index is 0. The molecule has 0 unspecified atom stereocenters. The largest absolute Gasteiger partial charge is 0.493 e. The van der Waals surface area contributed by atoms with E-state index in [-0.39, 0.29) is 25.8 Å². The summed E-state index contributed by atoms with van der Waals surface area (Å²) in [5.41, 5.74) is 16.9. The summed E-state index contributed by atoms with van der Waals surface area (Å²) in [7, 11) is 0. The van der Waals surface area contributed by atoms with Crippen molar-refractivity contribution in [2.24, 2.45) is 0 Å². The number of nitrogens with zero attached hydrogens (tertiary/aromatic N) is 4. The summed E-state index contributed by atoms with van der Waals surface area (Å²) in [4.78, 5) is 13.8. The first-order valence-corrected chi connectivity index (χ1v) is 22.2. The summed E-state index contributed by atoms with van der Waals surface area (Å²) in [5.74, 6) is 0.845. The summed E-state index contributed by atoms with van der Waals surface area (Å²) in [6.45, 7) is 9.12. The standard InChI is InChI=1S/C58H43N4S.Pd/c1-58(2,3)42-35-50(40-19-6-4-7-20-40)57(51(36-42)41-21-8-5-9-22-41)61-39-60(53-29-14-15-30-54(53)61)43-23-18-24-44(37-43)63-45-32-33-49-47-26-11-10-25-46(47)48-27-12-13-28-52(48)62(55(49)38-45)56-31-16-17-34-59-56;/h4-36,39H,1-3H3;/q-3;. The van der Waals surface area contributed by atoms with Crippen molar-refractivity contribution in [1.82, 2.24) is 4.98 Å². The molecule has 0 spiro atoms. The molecule has 1 aromatic heterocycles. The maximum Gasteiger partial charge on any atom is 0.135 e. The van der Waals surface area contributed by atoms with Crippen LogP contribution in [-0.4, -0.2) is 4.98 Å². The van der Waals surface area contributed by atoms with Crippen molar-refractivity contribution >= 4 is 51.7 Å². The van der Waals surface area contributed by atoms with Crippen molar-refractivity contribution < 1.29 is 20.4 Å². The third-order valence-corrected chi connectivity index (χ3v) is 12.8. The van der Waals surface area contributed by atoms with E-state index in [1.165, 1.54) is 38.9 Å². The van der Waals surface area contributed by atoms with Crippen LogP contribution in [0.15, 0.2) is 210 Å². The van der Waals surface area contributed by atoms with Gasteiger partial charge in [0.15, 0.2) is 0 Å². The Balaban J connectivity index is 0.00000484. The minimum Gasteiger partial charge on any atom is -0.493 e. The van der Waals surface area contributed by atoms with Crippen LogP contribution in [0.4, 0.5) is 39.9 Å². The van der Waals surface area contributed by atoms with Gasteiger partial charge in [0.05, 0.1) is 5.69 Å². The van der Waals surface area contributed by atoms with Gasteiger partial charge in [0.2, 0.25) is 0 Å². The predicted octanol–water partition coefficient (Wildman–Crippen LogP) is 16.0. The number of fused-ring (bicyclic) bond motifs is 6. The van der Waals surface area contributed by atoms with Gasteiger partial charge in [-0.05, 0) is 70.1 Å². The molecule has 11 rings (SSSR count). The van der Waals surface area contributed by atoms with Crippen molar-refractivity contribution in [3.63, 3.8) is 0 Å². The first-order chi connectivity index (χ1) is 30.9. The van der Waals surface area contributed by atoms with Gasteiger partial charge in [0.25, 0.3) is 0 Å². The van der Waals surface area contributed by atoms with E-state index in [4.69, 9.17) is 4.98 Å². The fraction of sp³-hybridized carbons (Fsp3) is 0.0690. The van der Waals surface area contributed by atoms with E-state index in [9.17, 15) is 0 Å². The molecule has 0 bridgehead atoms. The molecule has 2 aliphatic heterocycles. The van der Waals surface area contributed by atoms with Crippen molar-refractivity contribution in [3.8, 4) is 44.5 Å². The minimum atomic E-state index is -0.0578. The molecule has 0 radical (unpaired) electrons. The average Bonchev–Trinajstić information content (AvgIpc) is 3.66. The van der Waals surface area contributed by atoms with Crippen LogP contribution in [0.2, 0.25) is 0 Å². The summed E-state index contributed by atoms with van der Waals surface area (Å²) < 4.78 is 0. The molecule has 314 valence electrons. The van der Waals surface area contributed by atoms with Crippen molar-refractivity contribution in [1.29, 1.82) is 0 Å². The van der Waals surface area contributed by atoms with Crippen molar-refractivity contribution in [2.45, 2.75) is 36.0 Å². The molecule has 2 aliphatic rings. The van der Waals surface area contributed by atoms with Crippen LogP contribution in [0.3, 0.4) is 0 Å². The van der Waals surface area contributed by atoms with E-state index in [1.807, 2.05) is 18.3 Å². The molecular formula is C58H43N4PdS-3. The third-order valence-electron chi connectivity index (χ3n) is 11.9. The van der Waals surface area contributed by atoms with Gasteiger partial charge in [-0.3, -0.25) is 0 Å². The normalized spacial score (nSPS) is 12.7. The quantitative estimate of drug-likeness (QED) is 0.117. The second kappa shape index (κ2) is 17.1. The van der Waals surface area contributed by atoms with E-state index in [2.05, 4.69) is 236 Å². The molecule has 8 aromatic carbocycles. The number of pyridine rings is 1. The van der Waals surface area contributed by atoms with Crippen LogP contribution >= 0.6 is 11.8 Å². The second-order valence-electron chi connectivity index (χ2n) is 16.9. The van der Waals surface area contributed by atoms with E-state index in [1.54, 1.807) is 11.8 Å². The number of hydrogen-bond acceptors (Lipinski definition) is 5. The zero-order valence-electron chi connectivity index (χ0n) is 35.6. The van der Waals surface area contributed by atoms with Gasteiger partial charge >= 0.3 is 0 Å². The molecule has 0 N–H and O–H groups in total. The van der Waals surface area contributed by atoms with Gasteiger partial charge in [-0.2, -0.15) is 24.3 Å². The number of hydrogen-bond donors (Lipinski definition) is 0. The zero-order chi connectivity index (χ0) is 42.5. The fourth-order valence-electron chi connectivity index (χ4n) is 8.85. The Morgan fingerprint density at radius 1 is 0.484 bits per heavy atom. The van der Waals surface area contributed by atoms with Gasteiger partial charge in [-0.15, -0.1) is 57.7 Å². The van der Waals surface area contributed by atoms with Gasteiger partial charge in [0, 0.05) is 60.4 Å². The summed E-state index contributed by atoms with van der Waals surface area (Å²) >= 11 is 1.67. The smallest absolute Gasteiger partial charge is 0.135 e. The van der Waals surface area contributed by atoms with E-state index >= 15 is 0 Å². The van der Waals surface area contributed by atoms with Gasteiger partial charge in [0.1, 0.15) is 5.82 Å². The molecule has 9 aromatic rings. The first-order valence-electron chi connectivity index (χ1n) is 21.4. The maximum atomic E-state index is 4.86. The topological polar surface area (TPSA) is 22.6 Å². The monoisotopic (exact) mass is 933 g/mol. The van der Waals surface area contributed by atoms with Gasteiger partial charge in [-0.25, -0.2) is 4.98 Å². The predicted molar refractivity (Wildman–Crippen MR) is 263 cm³/mol. The van der Waals surface area contributed by atoms with Gasteiger partial charge in [-0.1, -0.05) is 153 Å². The van der Waals surface area contributed by atoms with Gasteiger partial charge < -0.3 is 14.7 Å². The number of rotatable bonds is 7. The average molecular weight is 934 g/mol. The molecule has 4 nitrogen and oxygen atoms in total. The Bertz CT molecular complexity index is 3070. The SMILES string of the molecule is CC(C)(C)c1cc(-c2ccccc2)c(N2[CH-]N(c3[c-]c(Sc4[c-]c5c(cc4)-c4ccccc4-c4ccccc4N5c4ccccn4)ccc3)c3ccccc32)c(-c2ccccc2)c1.[Pd]. The molecule has 0 fully saturated rings. The Morgan fingerprint density at radius 3 is 1.69 bits per heavy atom. The fourth-order valence-corrected chi connectivity index (χ4v) is 9.67.